The summed E-state index contributed by atoms with van der Waals surface area (Å²) in [7, 11) is 1.64. The van der Waals surface area contributed by atoms with Crippen molar-refractivity contribution in [2.24, 2.45) is 0 Å². The number of carbonyl (C=O) groups is 1. The van der Waals surface area contributed by atoms with Crippen LogP contribution in [-0.4, -0.2) is 23.0 Å². The molecule has 5 nitrogen and oxygen atoms in total. The highest BCUT2D eigenvalue weighted by Crippen LogP contribution is 2.30. The molecule has 2 aromatic heterocycles. The number of nitrogens with one attached hydrogen (secondary N) is 1. The highest BCUT2D eigenvalue weighted by molar-refractivity contribution is 7.15. The normalized spacial score (nSPS) is 10.5. The molecule has 0 saturated carbocycles. The summed E-state index contributed by atoms with van der Waals surface area (Å²) in [6, 6.07) is 11.6. The number of benzene rings is 1. The van der Waals surface area contributed by atoms with Crippen LogP contribution in [-0.2, 0) is 17.8 Å². The van der Waals surface area contributed by atoms with Crippen LogP contribution in [0.5, 0.6) is 5.75 Å². The number of aryl methyl sites for hydroxylation is 1. The molecule has 3 aromatic rings. The molecule has 0 bridgehead atoms. The van der Waals surface area contributed by atoms with E-state index >= 15 is 0 Å². The van der Waals surface area contributed by atoms with Crippen molar-refractivity contribution in [2.75, 3.05) is 7.11 Å². The smallest absolute Gasteiger partial charge is 0.225 e. The molecule has 128 valence electrons. The molecule has 0 aliphatic heterocycles. The summed E-state index contributed by atoms with van der Waals surface area (Å²) in [5.74, 6) is 0.772. The number of thiazole rings is 1. The monoisotopic (exact) mass is 353 g/mol. The van der Waals surface area contributed by atoms with E-state index in [2.05, 4.69) is 15.3 Å². The molecular formula is C19H19N3O2S. The molecule has 1 amide bonds. The van der Waals surface area contributed by atoms with E-state index in [4.69, 9.17) is 4.74 Å². The number of nitrogens with zero attached hydrogens (tertiary/aromatic N) is 2. The lowest BCUT2D eigenvalue weighted by atomic mass is 10.2. The topological polar surface area (TPSA) is 64.1 Å². The highest BCUT2D eigenvalue weighted by atomic mass is 32.1. The average molecular weight is 353 g/mol. The summed E-state index contributed by atoms with van der Waals surface area (Å²) in [5.41, 5.74) is 2.86. The molecule has 3 rings (SSSR count). The Morgan fingerprint density at radius 1 is 1.28 bits per heavy atom. The fraction of sp³-hybridized carbons (Fsp3) is 0.211. The second-order valence-corrected chi connectivity index (χ2v) is 6.66. The zero-order valence-electron chi connectivity index (χ0n) is 14.2. The molecule has 0 fully saturated rings. The molecule has 0 spiro atoms. The van der Waals surface area contributed by atoms with Crippen LogP contribution in [0.25, 0.3) is 10.6 Å². The molecule has 1 aromatic carbocycles. The van der Waals surface area contributed by atoms with Crippen LogP contribution in [0, 0.1) is 6.92 Å². The van der Waals surface area contributed by atoms with E-state index in [1.165, 1.54) is 0 Å². The number of carbonyl (C=O) groups excluding carboxylic acids is 1. The Hall–Kier alpha value is -2.73. The molecule has 6 heteroatoms. The number of methoxy groups -OCH3 is 1. The molecule has 0 atom stereocenters. The molecule has 25 heavy (non-hydrogen) atoms. The van der Waals surface area contributed by atoms with Crippen LogP contribution in [0.4, 0.5) is 0 Å². The fourth-order valence-corrected chi connectivity index (χ4v) is 3.44. The van der Waals surface area contributed by atoms with Crippen molar-refractivity contribution >= 4 is 17.2 Å². The third-order valence-corrected chi connectivity index (χ3v) is 4.95. The Morgan fingerprint density at radius 3 is 2.92 bits per heavy atom. The van der Waals surface area contributed by atoms with Gasteiger partial charge in [0.05, 0.1) is 19.2 Å². The van der Waals surface area contributed by atoms with Crippen LogP contribution in [0.15, 0.2) is 48.8 Å². The summed E-state index contributed by atoms with van der Waals surface area (Å²) in [4.78, 5) is 21.8. The number of pyridine rings is 1. The fourth-order valence-electron chi connectivity index (χ4n) is 2.38. The molecule has 2 heterocycles. The Kier molecular flexibility index (Phi) is 5.40. The second kappa shape index (κ2) is 7.90. The summed E-state index contributed by atoms with van der Waals surface area (Å²) in [5, 5.41) is 3.82. The van der Waals surface area contributed by atoms with E-state index in [9.17, 15) is 4.79 Å². The SMILES string of the molecule is COc1cccc(-c2nc(C)c(CC(=O)NCc3cccnc3)s2)c1. The van der Waals surface area contributed by atoms with Crippen LogP contribution in [0.1, 0.15) is 16.1 Å². The minimum Gasteiger partial charge on any atom is -0.497 e. The third kappa shape index (κ3) is 4.42. The van der Waals surface area contributed by atoms with Gasteiger partial charge in [-0.25, -0.2) is 4.98 Å². The van der Waals surface area contributed by atoms with Crippen molar-refractivity contribution in [1.29, 1.82) is 0 Å². The molecule has 0 aliphatic carbocycles. The van der Waals surface area contributed by atoms with E-state index in [0.29, 0.717) is 13.0 Å². The summed E-state index contributed by atoms with van der Waals surface area (Å²) in [6.45, 7) is 2.41. The Morgan fingerprint density at radius 2 is 2.16 bits per heavy atom. The number of rotatable bonds is 6. The first-order chi connectivity index (χ1) is 12.2. The van der Waals surface area contributed by atoms with Gasteiger partial charge in [0.2, 0.25) is 5.91 Å². The van der Waals surface area contributed by atoms with Gasteiger partial charge in [0.15, 0.2) is 0 Å². The van der Waals surface area contributed by atoms with Gasteiger partial charge >= 0.3 is 0 Å². The largest absolute Gasteiger partial charge is 0.497 e. The molecule has 1 N–H and O–H groups in total. The number of hydrogen-bond donors (Lipinski definition) is 1. The lowest BCUT2D eigenvalue weighted by molar-refractivity contribution is -0.120. The van der Waals surface area contributed by atoms with E-state index in [0.717, 1.165) is 32.5 Å². The van der Waals surface area contributed by atoms with Crippen molar-refractivity contribution in [1.82, 2.24) is 15.3 Å². The van der Waals surface area contributed by atoms with Gasteiger partial charge in [-0.2, -0.15) is 0 Å². The maximum Gasteiger partial charge on any atom is 0.225 e. The highest BCUT2D eigenvalue weighted by Gasteiger charge is 2.13. The average Bonchev–Trinajstić information content (AvgIpc) is 3.01. The van der Waals surface area contributed by atoms with Gasteiger partial charge in [0.1, 0.15) is 10.8 Å². The minimum atomic E-state index is -0.0206. The lowest BCUT2D eigenvalue weighted by Crippen LogP contribution is -2.24. The maximum absolute atomic E-state index is 12.2. The first-order valence-electron chi connectivity index (χ1n) is 7.92. The van der Waals surface area contributed by atoms with Crippen LogP contribution in [0.3, 0.4) is 0 Å². The van der Waals surface area contributed by atoms with Crippen molar-refractivity contribution in [3.05, 3.63) is 64.9 Å². The second-order valence-electron chi connectivity index (χ2n) is 5.57. The van der Waals surface area contributed by atoms with Crippen LogP contribution < -0.4 is 10.1 Å². The zero-order chi connectivity index (χ0) is 17.6. The molecule has 0 radical (unpaired) electrons. The standard InChI is InChI=1S/C19H19N3O2S/c1-13-17(10-18(23)21-12-14-5-4-8-20-11-14)25-19(22-13)15-6-3-7-16(9-15)24-2/h3-9,11H,10,12H2,1-2H3,(H,21,23). The molecule has 0 saturated heterocycles. The van der Waals surface area contributed by atoms with Crippen molar-refractivity contribution < 1.29 is 9.53 Å². The number of hydrogen-bond acceptors (Lipinski definition) is 5. The number of ether oxygens (including phenoxy) is 1. The Labute approximate surface area is 150 Å². The predicted octanol–water partition coefficient (Wildman–Crippen LogP) is 3.38. The predicted molar refractivity (Wildman–Crippen MR) is 98.6 cm³/mol. The van der Waals surface area contributed by atoms with Gasteiger partial charge in [-0.3, -0.25) is 9.78 Å². The molecule has 0 aliphatic rings. The number of aromatic nitrogens is 2. The van der Waals surface area contributed by atoms with E-state index < -0.39 is 0 Å². The summed E-state index contributed by atoms with van der Waals surface area (Å²) >= 11 is 1.54. The van der Waals surface area contributed by atoms with Crippen molar-refractivity contribution in [2.45, 2.75) is 19.9 Å². The Balaban J connectivity index is 1.66. The van der Waals surface area contributed by atoms with Gasteiger partial charge in [-0.15, -0.1) is 11.3 Å². The van der Waals surface area contributed by atoms with Gasteiger partial charge in [-0.05, 0) is 30.7 Å². The summed E-state index contributed by atoms with van der Waals surface area (Å²) in [6.07, 6.45) is 3.79. The van der Waals surface area contributed by atoms with Crippen molar-refractivity contribution in [3.63, 3.8) is 0 Å². The van der Waals surface area contributed by atoms with E-state index in [1.54, 1.807) is 30.8 Å². The maximum atomic E-state index is 12.2. The minimum absolute atomic E-state index is 0.0206. The van der Waals surface area contributed by atoms with Gasteiger partial charge in [0.25, 0.3) is 0 Å². The van der Waals surface area contributed by atoms with E-state index in [1.807, 2.05) is 43.3 Å². The lowest BCUT2D eigenvalue weighted by Gasteiger charge is -2.04. The van der Waals surface area contributed by atoms with Crippen molar-refractivity contribution in [3.8, 4) is 16.3 Å². The Bertz CT molecular complexity index is 862. The van der Waals surface area contributed by atoms with Gasteiger partial charge < -0.3 is 10.1 Å². The first kappa shape index (κ1) is 17.1. The van der Waals surface area contributed by atoms with E-state index in [-0.39, 0.29) is 5.91 Å². The van der Waals surface area contributed by atoms with Crippen LogP contribution in [0.2, 0.25) is 0 Å². The third-order valence-electron chi connectivity index (χ3n) is 3.74. The van der Waals surface area contributed by atoms with Gasteiger partial charge in [-0.1, -0.05) is 18.2 Å². The quantitative estimate of drug-likeness (QED) is 0.738. The first-order valence-corrected chi connectivity index (χ1v) is 8.73. The van der Waals surface area contributed by atoms with Crippen LogP contribution >= 0.6 is 11.3 Å². The molecule has 0 unspecified atom stereocenters. The van der Waals surface area contributed by atoms with Gasteiger partial charge in [0, 0.05) is 29.4 Å². The molecular weight excluding hydrogens is 334 g/mol. The summed E-state index contributed by atoms with van der Waals surface area (Å²) < 4.78 is 5.26. The number of amides is 1. The zero-order valence-corrected chi connectivity index (χ0v) is 15.0.